The lowest BCUT2D eigenvalue weighted by molar-refractivity contribution is 0.277. The van der Waals surface area contributed by atoms with Crippen LogP contribution in [0.15, 0.2) is 70.9 Å². The first-order valence-corrected chi connectivity index (χ1v) is 12.9. The summed E-state index contributed by atoms with van der Waals surface area (Å²) in [6.45, 7) is -0.222. The molecule has 13 heteroatoms. The van der Waals surface area contributed by atoms with Crippen LogP contribution in [0.5, 0.6) is 0 Å². The molecule has 0 amide bonds. The number of rotatable bonds is 9. The van der Waals surface area contributed by atoms with Crippen LogP contribution in [0.25, 0.3) is 16.4 Å². The molecule has 0 unspecified atom stereocenters. The lowest BCUT2D eigenvalue weighted by Crippen LogP contribution is -2.24. The zero-order chi connectivity index (χ0) is 24.3. The Morgan fingerprint density at radius 3 is 2.46 bits per heavy atom. The highest BCUT2D eigenvalue weighted by molar-refractivity contribution is 7.89. The number of sulfonamides is 1. The first-order valence-electron chi connectivity index (χ1n) is 10.5. The van der Waals surface area contributed by atoms with E-state index in [1.807, 2.05) is 30.3 Å². The second kappa shape index (κ2) is 9.84. The predicted octanol–water partition coefficient (Wildman–Crippen LogP) is 2.07. The van der Waals surface area contributed by atoms with Crippen LogP contribution in [-0.2, 0) is 29.6 Å². The van der Waals surface area contributed by atoms with Crippen LogP contribution in [0.1, 0.15) is 22.8 Å². The maximum Gasteiger partial charge on any atom is 0.240 e. The van der Waals surface area contributed by atoms with Gasteiger partial charge >= 0.3 is 0 Å². The van der Waals surface area contributed by atoms with Crippen molar-refractivity contribution in [3.63, 3.8) is 0 Å². The molecule has 2 aromatic carbocycles. The zero-order valence-corrected chi connectivity index (χ0v) is 19.9. The van der Waals surface area contributed by atoms with Gasteiger partial charge in [-0.3, -0.25) is 0 Å². The SMILES string of the molecule is O=S(=O)(NCc1c(-c2ccccc2)nn(-c2nc(CO)cs2)c1Cc1nn[nH]n1)c1ccccc1. The Labute approximate surface area is 204 Å². The van der Waals surface area contributed by atoms with Crippen molar-refractivity contribution < 1.29 is 13.5 Å². The molecule has 0 bridgehead atoms. The van der Waals surface area contributed by atoms with E-state index in [4.69, 9.17) is 5.10 Å². The van der Waals surface area contributed by atoms with Crippen molar-refractivity contribution in [2.24, 2.45) is 0 Å². The van der Waals surface area contributed by atoms with Gasteiger partial charge in [-0.05, 0) is 12.1 Å². The molecule has 0 atom stereocenters. The summed E-state index contributed by atoms with van der Waals surface area (Å²) in [5, 5.41) is 30.8. The zero-order valence-electron chi connectivity index (χ0n) is 18.2. The van der Waals surface area contributed by atoms with Crippen LogP contribution < -0.4 is 4.72 Å². The molecule has 0 fully saturated rings. The molecule has 3 heterocycles. The van der Waals surface area contributed by atoms with Gasteiger partial charge < -0.3 is 5.11 Å². The Hall–Kier alpha value is -3.78. The molecule has 3 aromatic heterocycles. The molecular weight excluding hydrogens is 488 g/mol. The van der Waals surface area contributed by atoms with Gasteiger partial charge in [0.1, 0.15) is 0 Å². The van der Waals surface area contributed by atoms with Gasteiger partial charge in [-0.25, -0.2) is 22.8 Å². The molecule has 0 radical (unpaired) electrons. The molecule has 3 N–H and O–H groups in total. The molecule has 0 saturated carbocycles. The topological polar surface area (TPSA) is 152 Å². The van der Waals surface area contributed by atoms with Gasteiger partial charge in [-0.15, -0.1) is 21.5 Å². The molecule has 5 aromatic rings. The maximum absolute atomic E-state index is 13.0. The first kappa shape index (κ1) is 23.0. The average molecular weight is 509 g/mol. The van der Waals surface area contributed by atoms with Crippen LogP contribution in [0.2, 0.25) is 0 Å². The standard InChI is InChI=1S/C22H20N8O3S2/c31-13-16-14-34-22(24-16)30-19(11-20-25-28-29-26-20)18(21(27-30)15-7-3-1-4-8-15)12-23-35(32,33)17-9-5-2-6-10-17/h1-10,14,23,31H,11-13H2,(H,25,26,28,29). The average Bonchev–Trinajstić information content (AvgIpc) is 3.65. The highest BCUT2D eigenvalue weighted by atomic mass is 32.2. The fourth-order valence-corrected chi connectivity index (χ4v) is 5.37. The monoisotopic (exact) mass is 508 g/mol. The Bertz CT molecular complexity index is 1520. The van der Waals surface area contributed by atoms with Gasteiger partial charge in [0.25, 0.3) is 0 Å². The Morgan fingerprint density at radius 1 is 1.06 bits per heavy atom. The van der Waals surface area contributed by atoms with Crippen molar-refractivity contribution in [2.75, 3.05) is 0 Å². The molecule has 0 saturated heterocycles. The first-order chi connectivity index (χ1) is 17.0. The number of H-pyrrole nitrogens is 1. The highest BCUT2D eigenvalue weighted by Crippen LogP contribution is 2.30. The number of nitrogens with one attached hydrogen (secondary N) is 2. The Balaban J connectivity index is 1.63. The molecule has 0 aliphatic heterocycles. The minimum Gasteiger partial charge on any atom is -0.390 e. The third-order valence-corrected chi connectivity index (χ3v) is 7.51. The molecule has 11 nitrogen and oxygen atoms in total. The third-order valence-electron chi connectivity index (χ3n) is 5.23. The minimum absolute atomic E-state index is 0.0210. The quantitative estimate of drug-likeness (QED) is 0.274. The van der Waals surface area contributed by atoms with E-state index in [-0.39, 0.29) is 24.5 Å². The van der Waals surface area contributed by atoms with Crippen molar-refractivity contribution >= 4 is 21.4 Å². The van der Waals surface area contributed by atoms with Gasteiger partial charge in [0.2, 0.25) is 15.2 Å². The maximum atomic E-state index is 13.0. The largest absolute Gasteiger partial charge is 0.390 e. The number of tetrazole rings is 1. The highest BCUT2D eigenvalue weighted by Gasteiger charge is 2.25. The summed E-state index contributed by atoms with van der Waals surface area (Å²) in [5.74, 6) is 0.414. The third kappa shape index (κ3) is 4.88. The van der Waals surface area contributed by atoms with Crippen LogP contribution in [-0.4, -0.2) is 48.9 Å². The number of aromatic amines is 1. The second-order valence-electron chi connectivity index (χ2n) is 7.47. The number of aromatic nitrogens is 7. The van der Waals surface area contributed by atoms with Gasteiger partial charge in [0.15, 0.2) is 5.82 Å². The van der Waals surface area contributed by atoms with Crippen molar-refractivity contribution in [3.8, 4) is 16.4 Å². The fraction of sp³-hybridized carbons (Fsp3) is 0.136. The van der Waals surface area contributed by atoms with Crippen molar-refractivity contribution in [1.82, 2.24) is 40.1 Å². The summed E-state index contributed by atoms with van der Waals surface area (Å²) >= 11 is 1.32. The summed E-state index contributed by atoms with van der Waals surface area (Å²) in [6, 6.07) is 17.7. The van der Waals surface area contributed by atoms with E-state index in [0.717, 1.165) is 5.56 Å². The number of benzene rings is 2. The van der Waals surface area contributed by atoms with Crippen LogP contribution in [0.4, 0.5) is 0 Å². The molecule has 35 heavy (non-hydrogen) atoms. The number of hydrogen-bond donors (Lipinski definition) is 3. The van der Waals surface area contributed by atoms with E-state index in [1.165, 1.54) is 23.5 Å². The van der Waals surface area contributed by atoms with E-state index >= 15 is 0 Å². The summed E-state index contributed by atoms with van der Waals surface area (Å²) in [7, 11) is -3.77. The van der Waals surface area contributed by atoms with E-state index in [1.54, 1.807) is 28.3 Å². The number of aliphatic hydroxyl groups excluding tert-OH is 1. The van der Waals surface area contributed by atoms with Crippen LogP contribution >= 0.6 is 11.3 Å². The van der Waals surface area contributed by atoms with Gasteiger partial charge in [-0.1, -0.05) is 53.7 Å². The summed E-state index contributed by atoms with van der Waals surface area (Å²) in [6.07, 6.45) is 0.229. The predicted molar refractivity (Wildman–Crippen MR) is 128 cm³/mol. The summed E-state index contributed by atoms with van der Waals surface area (Å²) < 4.78 is 30.3. The number of thiazole rings is 1. The molecular formula is C22H20N8O3S2. The van der Waals surface area contributed by atoms with E-state index in [0.29, 0.717) is 33.6 Å². The van der Waals surface area contributed by atoms with Gasteiger partial charge in [0.05, 0.1) is 35.0 Å². The van der Waals surface area contributed by atoms with E-state index in [2.05, 4.69) is 30.3 Å². The summed E-state index contributed by atoms with van der Waals surface area (Å²) in [5.41, 5.74) is 3.23. The van der Waals surface area contributed by atoms with Crippen molar-refractivity contribution in [2.45, 2.75) is 24.5 Å². The fourth-order valence-electron chi connectivity index (χ4n) is 3.56. The van der Waals surface area contributed by atoms with E-state index in [9.17, 15) is 13.5 Å². The smallest absolute Gasteiger partial charge is 0.240 e. The normalized spacial score (nSPS) is 11.7. The van der Waals surface area contributed by atoms with Gasteiger partial charge in [-0.2, -0.15) is 10.3 Å². The minimum atomic E-state index is -3.77. The Morgan fingerprint density at radius 2 is 1.80 bits per heavy atom. The summed E-state index contributed by atoms with van der Waals surface area (Å²) in [4.78, 5) is 4.63. The lowest BCUT2D eigenvalue weighted by Gasteiger charge is -2.10. The van der Waals surface area contributed by atoms with E-state index < -0.39 is 10.0 Å². The molecule has 178 valence electrons. The number of hydrogen-bond acceptors (Lipinski definition) is 9. The van der Waals surface area contributed by atoms with Crippen LogP contribution in [0.3, 0.4) is 0 Å². The van der Waals surface area contributed by atoms with Crippen molar-refractivity contribution in [3.05, 3.63) is 88.8 Å². The number of nitrogens with zero attached hydrogens (tertiary/aromatic N) is 6. The molecule has 0 aliphatic carbocycles. The van der Waals surface area contributed by atoms with Crippen LogP contribution in [0, 0.1) is 0 Å². The molecule has 0 aliphatic rings. The molecule has 0 spiro atoms. The van der Waals surface area contributed by atoms with Gasteiger partial charge in [0, 0.05) is 23.1 Å². The number of aliphatic hydroxyl groups is 1. The Kier molecular flexibility index (Phi) is 6.46. The van der Waals surface area contributed by atoms with Crippen molar-refractivity contribution in [1.29, 1.82) is 0 Å². The lowest BCUT2D eigenvalue weighted by atomic mass is 10.0. The second-order valence-corrected chi connectivity index (χ2v) is 10.1. The molecule has 5 rings (SSSR count).